The second kappa shape index (κ2) is 10.3. The number of nitro groups is 1. The second-order valence-corrected chi connectivity index (χ2v) is 6.69. The van der Waals surface area contributed by atoms with Gasteiger partial charge in [-0.15, -0.1) is 0 Å². The number of non-ortho nitro benzene ring substituents is 1. The molecule has 0 aromatic heterocycles. The number of nitrogens with one attached hydrogen (secondary N) is 2. The van der Waals surface area contributed by atoms with Crippen LogP contribution in [0, 0.1) is 10.1 Å². The summed E-state index contributed by atoms with van der Waals surface area (Å²) in [5.74, 6) is -0.473. The van der Waals surface area contributed by atoms with E-state index in [9.17, 15) is 19.7 Å². The van der Waals surface area contributed by atoms with Crippen LogP contribution in [0.15, 0.2) is 54.6 Å². The highest BCUT2D eigenvalue weighted by Gasteiger charge is 2.14. The molecule has 3 rings (SSSR count). The first kappa shape index (κ1) is 21.2. The Hall–Kier alpha value is -3.56. The Balaban J connectivity index is 1.49. The number of rotatable bonds is 7. The maximum Gasteiger partial charge on any atom is 0.270 e. The van der Waals surface area contributed by atoms with Gasteiger partial charge < -0.3 is 15.4 Å². The third kappa shape index (κ3) is 6.50. The number of morpholine rings is 1. The van der Waals surface area contributed by atoms with Crippen LogP contribution in [0.2, 0.25) is 0 Å². The molecule has 9 heteroatoms. The zero-order chi connectivity index (χ0) is 21.3. The minimum atomic E-state index is -0.487. The Morgan fingerprint density at radius 2 is 1.73 bits per heavy atom. The fourth-order valence-corrected chi connectivity index (χ4v) is 2.90. The van der Waals surface area contributed by atoms with Gasteiger partial charge in [0.25, 0.3) is 5.69 Å². The standard InChI is InChI=1S/C21H22N4O5/c26-20(9-4-16-2-1-3-19(14-16)25(28)29)22-17-5-7-18(8-6-17)23-21(27)15-24-10-12-30-13-11-24/h1-9,14H,10-13,15H2,(H,22,26)(H,23,27)/b9-4+. The molecule has 0 atom stereocenters. The fourth-order valence-electron chi connectivity index (χ4n) is 2.90. The molecule has 2 N–H and O–H groups in total. The molecule has 2 aromatic rings. The van der Waals surface area contributed by atoms with Gasteiger partial charge in [-0.1, -0.05) is 12.1 Å². The van der Waals surface area contributed by atoms with E-state index in [-0.39, 0.29) is 17.5 Å². The largest absolute Gasteiger partial charge is 0.379 e. The lowest BCUT2D eigenvalue weighted by Gasteiger charge is -2.25. The number of carbonyl (C=O) groups is 2. The summed E-state index contributed by atoms with van der Waals surface area (Å²) in [7, 11) is 0. The average Bonchev–Trinajstić information content (AvgIpc) is 2.74. The molecule has 1 aliphatic heterocycles. The van der Waals surface area contributed by atoms with Gasteiger partial charge in [-0.2, -0.15) is 0 Å². The molecule has 2 amide bonds. The lowest BCUT2D eigenvalue weighted by atomic mass is 10.2. The molecule has 1 aliphatic rings. The molecule has 0 saturated carbocycles. The van der Waals surface area contributed by atoms with E-state index in [1.165, 1.54) is 24.3 Å². The zero-order valence-corrected chi connectivity index (χ0v) is 16.2. The monoisotopic (exact) mass is 410 g/mol. The molecule has 1 heterocycles. The van der Waals surface area contributed by atoms with Gasteiger partial charge in [0, 0.05) is 42.7 Å². The molecule has 156 valence electrons. The fraction of sp³-hybridized carbons (Fsp3) is 0.238. The van der Waals surface area contributed by atoms with Gasteiger partial charge in [0.1, 0.15) is 0 Å². The molecule has 0 unspecified atom stereocenters. The summed E-state index contributed by atoms with van der Waals surface area (Å²) in [6.07, 6.45) is 2.81. The molecule has 30 heavy (non-hydrogen) atoms. The first-order valence-electron chi connectivity index (χ1n) is 9.43. The summed E-state index contributed by atoms with van der Waals surface area (Å²) in [6.45, 7) is 3.06. The first-order chi connectivity index (χ1) is 14.5. The van der Waals surface area contributed by atoms with Crippen molar-refractivity contribution in [1.29, 1.82) is 0 Å². The molecular formula is C21H22N4O5. The summed E-state index contributed by atoms with van der Waals surface area (Å²) in [5.41, 5.74) is 1.72. The number of ether oxygens (including phenoxy) is 1. The minimum Gasteiger partial charge on any atom is -0.379 e. The number of nitro benzene ring substituents is 1. The van der Waals surface area contributed by atoms with Gasteiger partial charge in [-0.3, -0.25) is 24.6 Å². The van der Waals surface area contributed by atoms with Crippen molar-refractivity contribution in [2.75, 3.05) is 43.5 Å². The molecule has 0 spiro atoms. The SMILES string of the molecule is O=C(/C=C/c1cccc([N+](=O)[O-])c1)Nc1ccc(NC(=O)CN2CCOCC2)cc1. The number of carbonyl (C=O) groups excluding carboxylic acids is 2. The van der Waals surface area contributed by atoms with Crippen molar-refractivity contribution in [3.05, 3.63) is 70.3 Å². The third-order valence-electron chi connectivity index (χ3n) is 4.42. The van der Waals surface area contributed by atoms with Crippen LogP contribution in [0.4, 0.5) is 17.1 Å². The molecule has 1 saturated heterocycles. The predicted octanol–water partition coefficient (Wildman–Crippen LogP) is 2.52. The normalized spacial score (nSPS) is 14.4. The van der Waals surface area contributed by atoms with Gasteiger partial charge in [0.05, 0.1) is 24.7 Å². The van der Waals surface area contributed by atoms with Gasteiger partial charge in [-0.05, 0) is 35.9 Å². The van der Waals surface area contributed by atoms with E-state index in [4.69, 9.17) is 4.74 Å². The van der Waals surface area contributed by atoms with Crippen molar-refractivity contribution in [3.8, 4) is 0 Å². The third-order valence-corrected chi connectivity index (χ3v) is 4.42. The molecule has 9 nitrogen and oxygen atoms in total. The Morgan fingerprint density at radius 3 is 2.40 bits per heavy atom. The van der Waals surface area contributed by atoms with Crippen LogP contribution in [-0.4, -0.2) is 54.5 Å². The number of benzene rings is 2. The van der Waals surface area contributed by atoms with E-state index in [1.807, 2.05) is 4.90 Å². The molecule has 0 bridgehead atoms. The van der Waals surface area contributed by atoms with Crippen LogP contribution >= 0.6 is 0 Å². The van der Waals surface area contributed by atoms with Crippen LogP contribution in [0.3, 0.4) is 0 Å². The van der Waals surface area contributed by atoms with Gasteiger partial charge in [0.2, 0.25) is 11.8 Å². The molecule has 0 radical (unpaired) electrons. The van der Waals surface area contributed by atoms with E-state index in [2.05, 4.69) is 10.6 Å². The van der Waals surface area contributed by atoms with Crippen LogP contribution in [0.25, 0.3) is 6.08 Å². The highest BCUT2D eigenvalue weighted by Crippen LogP contribution is 2.16. The van der Waals surface area contributed by atoms with Crippen molar-refractivity contribution in [2.45, 2.75) is 0 Å². The summed E-state index contributed by atoms with van der Waals surface area (Å²) in [4.78, 5) is 36.5. The highest BCUT2D eigenvalue weighted by atomic mass is 16.6. The number of hydrogen-bond acceptors (Lipinski definition) is 6. The number of amides is 2. The van der Waals surface area contributed by atoms with Crippen molar-refractivity contribution < 1.29 is 19.2 Å². The lowest BCUT2D eigenvalue weighted by molar-refractivity contribution is -0.384. The number of hydrogen-bond donors (Lipinski definition) is 2. The zero-order valence-electron chi connectivity index (χ0n) is 16.2. The predicted molar refractivity (Wildman–Crippen MR) is 113 cm³/mol. The first-order valence-corrected chi connectivity index (χ1v) is 9.43. The summed E-state index contributed by atoms with van der Waals surface area (Å²) in [5, 5.41) is 16.3. The van der Waals surface area contributed by atoms with E-state index < -0.39 is 4.92 Å². The van der Waals surface area contributed by atoms with Crippen molar-refractivity contribution >= 4 is 35.0 Å². The topological polar surface area (TPSA) is 114 Å². The molecular weight excluding hydrogens is 388 g/mol. The second-order valence-electron chi connectivity index (χ2n) is 6.69. The molecule has 0 aliphatic carbocycles. The quantitative estimate of drug-likeness (QED) is 0.412. The van der Waals surface area contributed by atoms with E-state index in [0.29, 0.717) is 36.7 Å². The molecule has 2 aromatic carbocycles. The van der Waals surface area contributed by atoms with E-state index in [1.54, 1.807) is 36.4 Å². The Labute approximate surface area is 173 Å². The van der Waals surface area contributed by atoms with Crippen LogP contribution in [-0.2, 0) is 14.3 Å². The maximum atomic E-state index is 12.1. The highest BCUT2D eigenvalue weighted by molar-refractivity contribution is 6.02. The Bertz CT molecular complexity index is 937. The van der Waals surface area contributed by atoms with Gasteiger partial charge in [0.15, 0.2) is 0 Å². The Kier molecular flexibility index (Phi) is 7.25. The summed E-state index contributed by atoms with van der Waals surface area (Å²) < 4.78 is 5.26. The minimum absolute atomic E-state index is 0.0381. The van der Waals surface area contributed by atoms with E-state index in [0.717, 1.165) is 13.1 Å². The summed E-state index contributed by atoms with van der Waals surface area (Å²) >= 11 is 0. The molecule has 1 fully saturated rings. The summed E-state index contributed by atoms with van der Waals surface area (Å²) in [6, 6.07) is 12.8. The maximum absolute atomic E-state index is 12.1. The lowest BCUT2D eigenvalue weighted by Crippen LogP contribution is -2.41. The van der Waals surface area contributed by atoms with Crippen molar-refractivity contribution in [1.82, 2.24) is 4.90 Å². The van der Waals surface area contributed by atoms with Crippen LogP contribution in [0.5, 0.6) is 0 Å². The number of anilines is 2. The Morgan fingerprint density at radius 1 is 1.07 bits per heavy atom. The van der Waals surface area contributed by atoms with Crippen molar-refractivity contribution in [2.24, 2.45) is 0 Å². The van der Waals surface area contributed by atoms with Crippen LogP contribution < -0.4 is 10.6 Å². The van der Waals surface area contributed by atoms with Crippen molar-refractivity contribution in [3.63, 3.8) is 0 Å². The van der Waals surface area contributed by atoms with Gasteiger partial charge >= 0.3 is 0 Å². The van der Waals surface area contributed by atoms with E-state index >= 15 is 0 Å². The smallest absolute Gasteiger partial charge is 0.270 e. The van der Waals surface area contributed by atoms with Crippen LogP contribution in [0.1, 0.15) is 5.56 Å². The van der Waals surface area contributed by atoms with Gasteiger partial charge in [-0.25, -0.2) is 0 Å². The average molecular weight is 410 g/mol. The number of nitrogens with zero attached hydrogens (tertiary/aromatic N) is 2.